The summed E-state index contributed by atoms with van der Waals surface area (Å²) < 4.78 is 10.8. The number of halogens is 1. The van der Waals surface area contributed by atoms with Gasteiger partial charge in [0.15, 0.2) is 17.5 Å². The molecule has 2 heterocycles. The van der Waals surface area contributed by atoms with Gasteiger partial charge >= 0.3 is 0 Å². The topological polar surface area (TPSA) is 61.4 Å². The summed E-state index contributed by atoms with van der Waals surface area (Å²) in [4.78, 5) is 9.11. The summed E-state index contributed by atoms with van der Waals surface area (Å²) in [5.74, 6) is 2.52. The van der Waals surface area contributed by atoms with Crippen molar-refractivity contribution in [1.82, 2.24) is 20.4 Å². The Morgan fingerprint density at radius 1 is 1.19 bits per heavy atom. The number of nitrogens with one attached hydrogen (secondary N) is 2. The molecular formula is C18H30IN5O2. The Labute approximate surface area is 173 Å². The molecule has 1 fully saturated rings. The maximum absolute atomic E-state index is 5.42. The van der Waals surface area contributed by atoms with Gasteiger partial charge in [-0.1, -0.05) is 6.07 Å². The quantitative estimate of drug-likeness (QED) is 0.377. The van der Waals surface area contributed by atoms with Gasteiger partial charge < -0.3 is 25.0 Å². The highest BCUT2D eigenvalue weighted by molar-refractivity contribution is 14.0. The lowest BCUT2D eigenvalue weighted by molar-refractivity contribution is 0.116. The monoisotopic (exact) mass is 475 g/mol. The molecular weight excluding hydrogens is 445 g/mol. The lowest BCUT2D eigenvalue weighted by Gasteiger charge is -2.37. The van der Waals surface area contributed by atoms with Gasteiger partial charge in [-0.05, 0) is 38.2 Å². The maximum Gasteiger partial charge on any atom is 0.231 e. The van der Waals surface area contributed by atoms with Crippen LogP contribution in [-0.4, -0.2) is 82.5 Å². The van der Waals surface area contributed by atoms with E-state index in [1.54, 1.807) is 0 Å². The molecule has 3 rings (SSSR count). The summed E-state index contributed by atoms with van der Waals surface area (Å²) >= 11 is 0. The minimum atomic E-state index is 0. The average molecular weight is 475 g/mol. The van der Waals surface area contributed by atoms with Gasteiger partial charge in [0, 0.05) is 45.8 Å². The van der Waals surface area contributed by atoms with E-state index in [0.29, 0.717) is 12.8 Å². The normalized spacial score (nSPS) is 20.6. The Morgan fingerprint density at radius 2 is 2.00 bits per heavy atom. The highest BCUT2D eigenvalue weighted by Gasteiger charge is 2.22. The lowest BCUT2D eigenvalue weighted by Crippen LogP contribution is -2.55. The summed E-state index contributed by atoms with van der Waals surface area (Å²) in [6.07, 6.45) is 0.906. The number of nitrogens with zero attached hydrogens (tertiary/aromatic N) is 3. The van der Waals surface area contributed by atoms with Crippen LogP contribution in [0.5, 0.6) is 11.5 Å². The second-order valence-corrected chi connectivity index (χ2v) is 6.71. The zero-order valence-electron chi connectivity index (χ0n) is 15.8. The van der Waals surface area contributed by atoms with Crippen molar-refractivity contribution in [3.8, 4) is 11.5 Å². The predicted octanol–water partition coefficient (Wildman–Crippen LogP) is 0.987. The Morgan fingerprint density at radius 3 is 2.81 bits per heavy atom. The van der Waals surface area contributed by atoms with Gasteiger partial charge in [0.2, 0.25) is 6.79 Å². The summed E-state index contributed by atoms with van der Waals surface area (Å²) in [5.41, 5.74) is 1.22. The fourth-order valence-electron chi connectivity index (χ4n) is 3.18. The average Bonchev–Trinajstić information content (AvgIpc) is 3.08. The number of guanidine groups is 1. The highest BCUT2D eigenvalue weighted by atomic mass is 127. The first-order valence-corrected chi connectivity index (χ1v) is 8.87. The van der Waals surface area contributed by atoms with E-state index >= 15 is 0 Å². The van der Waals surface area contributed by atoms with Crippen LogP contribution in [0.1, 0.15) is 5.56 Å². The smallest absolute Gasteiger partial charge is 0.231 e. The molecule has 1 saturated heterocycles. The number of fused-ring (bicyclic) bond motifs is 1. The van der Waals surface area contributed by atoms with E-state index in [1.807, 2.05) is 19.2 Å². The molecule has 0 amide bonds. The van der Waals surface area contributed by atoms with Crippen LogP contribution in [0.2, 0.25) is 0 Å². The summed E-state index contributed by atoms with van der Waals surface area (Å²) in [6, 6.07) is 6.61. The first-order chi connectivity index (χ1) is 12.2. The van der Waals surface area contributed by atoms with Gasteiger partial charge in [0.1, 0.15) is 0 Å². The molecule has 0 bridgehead atoms. The molecule has 1 unspecified atom stereocenters. The molecule has 2 aliphatic rings. The fourth-order valence-corrected chi connectivity index (χ4v) is 3.18. The van der Waals surface area contributed by atoms with Gasteiger partial charge in [0.05, 0.1) is 0 Å². The largest absolute Gasteiger partial charge is 0.454 e. The molecule has 2 aliphatic heterocycles. The summed E-state index contributed by atoms with van der Waals surface area (Å²) in [5, 5.41) is 6.83. The van der Waals surface area contributed by atoms with Gasteiger partial charge in [-0.15, -0.1) is 24.0 Å². The molecule has 146 valence electrons. The molecule has 0 aliphatic carbocycles. The molecule has 0 aromatic heterocycles. The Balaban J connectivity index is 0.00000243. The molecule has 1 atom stereocenters. The van der Waals surface area contributed by atoms with Gasteiger partial charge in [0.25, 0.3) is 0 Å². The maximum atomic E-state index is 5.42. The van der Waals surface area contributed by atoms with Crippen LogP contribution in [0.3, 0.4) is 0 Å². The van der Waals surface area contributed by atoms with E-state index in [1.165, 1.54) is 5.56 Å². The third-order valence-electron chi connectivity index (χ3n) is 4.85. The van der Waals surface area contributed by atoms with Crippen LogP contribution in [-0.2, 0) is 6.42 Å². The van der Waals surface area contributed by atoms with Gasteiger partial charge in [-0.3, -0.25) is 9.89 Å². The molecule has 8 heteroatoms. The van der Waals surface area contributed by atoms with E-state index in [0.717, 1.165) is 56.6 Å². The molecule has 26 heavy (non-hydrogen) atoms. The van der Waals surface area contributed by atoms with Crippen LogP contribution in [0, 0.1) is 0 Å². The van der Waals surface area contributed by atoms with Crippen molar-refractivity contribution < 1.29 is 9.47 Å². The molecule has 1 aromatic rings. The van der Waals surface area contributed by atoms with Crippen molar-refractivity contribution in [2.75, 3.05) is 60.7 Å². The second-order valence-electron chi connectivity index (χ2n) is 6.71. The lowest BCUT2D eigenvalue weighted by atomic mass is 10.1. The SMILES string of the molecule is CN=C(NCCc1ccc2c(c1)OCO2)NCC1CN(C)CCN1C.I. The van der Waals surface area contributed by atoms with Crippen molar-refractivity contribution in [1.29, 1.82) is 0 Å². The van der Waals surface area contributed by atoms with Crippen molar-refractivity contribution in [3.63, 3.8) is 0 Å². The Bertz CT molecular complexity index is 613. The number of piperazine rings is 1. The van der Waals surface area contributed by atoms with Crippen molar-refractivity contribution >= 4 is 29.9 Å². The molecule has 2 N–H and O–H groups in total. The zero-order valence-corrected chi connectivity index (χ0v) is 18.2. The fraction of sp³-hybridized carbons (Fsp3) is 0.611. The molecule has 0 spiro atoms. The number of rotatable bonds is 5. The zero-order chi connectivity index (χ0) is 17.6. The van der Waals surface area contributed by atoms with E-state index in [2.05, 4.69) is 45.6 Å². The summed E-state index contributed by atoms with van der Waals surface area (Å²) in [7, 11) is 6.18. The second kappa shape index (κ2) is 10.2. The standard InChI is InChI=1S/C18H29N5O2.HI/c1-19-18(21-11-15-12-22(2)8-9-23(15)3)20-7-6-14-4-5-16-17(10-14)25-13-24-16;/h4-5,10,15H,6-9,11-13H2,1-3H3,(H2,19,20,21);1H. The number of hydrogen-bond donors (Lipinski definition) is 2. The number of likely N-dealkylation sites (N-methyl/N-ethyl adjacent to an activating group) is 2. The minimum absolute atomic E-state index is 0. The van der Waals surface area contributed by atoms with Gasteiger partial charge in [-0.2, -0.15) is 0 Å². The van der Waals surface area contributed by atoms with Crippen LogP contribution < -0.4 is 20.1 Å². The van der Waals surface area contributed by atoms with Crippen LogP contribution >= 0.6 is 24.0 Å². The van der Waals surface area contributed by atoms with E-state index < -0.39 is 0 Å². The first kappa shape index (κ1) is 21.0. The van der Waals surface area contributed by atoms with Crippen molar-refractivity contribution in [3.05, 3.63) is 23.8 Å². The van der Waals surface area contributed by atoms with Gasteiger partial charge in [-0.25, -0.2) is 0 Å². The molecule has 7 nitrogen and oxygen atoms in total. The first-order valence-electron chi connectivity index (χ1n) is 8.87. The predicted molar refractivity (Wildman–Crippen MR) is 115 cm³/mol. The van der Waals surface area contributed by atoms with E-state index in [9.17, 15) is 0 Å². The van der Waals surface area contributed by atoms with Crippen LogP contribution in [0.25, 0.3) is 0 Å². The van der Waals surface area contributed by atoms with E-state index in [-0.39, 0.29) is 24.0 Å². The third kappa shape index (κ3) is 5.62. The highest BCUT2D eigenvalue weighted by Crippen LogP contribution is 2.32. The number of benzene rings is 1. The number of ether oxygens (including phenoxy) is 2. The number of aliphatic imine (C=N–C) groups is 1. The molecule has 1 aromatic carbocycles. The van der Waals surface area contributed by atoms with Crippen LogP contribution in [0.4, 0.5) is 0 Å². The minimum Gasteiger partial charge on any atom is -0.454 e. The third-order valence-corrected chi connectivity index (χ3v) is 4.85. The van der Waals surface area contributed by atoms with E-state index in [4.69, 9.17) is 9.47 Å². The Kier molecular flexibility index (Phi) is 8.23. The Hall–Kier alpha value is -1.26. The van der Waals surface area contributed by atoms with Crippen molar-refractivity contribution in [2.24, 2.45) is 4.99 Å². The molecule has 0 radical (unpaired) electrons. The van der Waals surface area contributed by atoms with Crippen molar-refractivity contribution in [2.45, 2.75) is 12.5 Å². The summed E-state index contributed by atoms with van der Waals surface area (Å²) in [6.45, 7) is 5.36. The van der Waals surface area contributed by atoms with Crippen LogP contribution in [0.15, 0.2) is 23.2 Å². The number of hydrogen-bond acceptors (Lipinski definition) is 5. The molecule has 0 saturated carbocycles.